The van der Waals surface area contributed by atoms with E-state index >= 15 is 0 Å². The number of hydrogen-bond donors (Lipinski definition) is 0. The van der Waals surface area contributed by atoms with Crippen molar-refractivity contribution in [3.8, 4) is 5.75 Å². The van der Waals surface area contributed by atoms with E-state index in [9.17, 15) is 14.0 Å². The molecule has 6 heteroatoms. The zero-order valence-electron chi connectivity index (χ0n) is 16.6. The third-order valence-electron chi connectivity index (χ3n) is 4.77. The molecule has 0 spiro atoms. The van der Waals surface area contributed by atoms with Gasteiger partial charge in [-0.2, -0.15) is 0 Å². The van der Waals surface area contributed by atoms with Crippen molar-refractivity contribution in [2.24, 2.45) is 0 Å². The molecule has 3 aromatic rings. The van der Waals surface area contributed by atoms with Crippen LogP contribution in [0.25, 0.3) is 0 Å². The number of ketones is 1. The second-order valence-electron chi connectivity index (χ2n) is 6.73. The van der Waals surface area contributed by atoms with Crippen molar-refractivity contribution in [1.82, 2.24) is 4.57 Å². The molecular weight excluding hydrogens is 373 g/mol. The zero-order valence-corrected chi connectivity index (χ0v) is 16.6. The van der Waals surface area contributed by atoms with Crippen molar-refractivity contribution in [1.29, 1.82) is 0 Å². The van der Waals surface area contributed by atoms with Crippen LogP contribution in [0.2, 0.25) is 0 Å². The summed E-state index contributed by atoms with van der Waals surface area (Å²) < 4.78 is 25.4. The monoisotopic (exact) mass is 395 g/mol. The van der Waals surface area contributed by atoms with Gasteiger partial charge in [0.2, 0.25) is 5.78 Å². The Kier molecular flexibility index (Phi) is 6.12. The molecule has 0 fully saturated rings. The van der Waals surface area contributed by atoms with Crippen LogP contribution >= 0.6 is 0 Å². The molecule has 0 saturated heterocycles. The van der Waals surface area contributed by atoms with E-state index < -0.39 is 5.97 Å². The molecule has 1 heterocycles. The fourth-order valence-corrected chi connectivity index (χ4v) is 3.13. The first kappa shape index (κ1) is 20.3. The Morgan fingerprint density at radius 2 is 1.66 bits per heavy atom. The Balaban J connectivity index is 1.68. The minimum Gasteiger partial charge on any atom is -0.485 e. The molecule has 29 heavy (non-hydrogen) atoms. The maximum atomic E-state index is 13.1. The van der Waals surface area contributed by atoms with Crippen LogP contribution < -0.4 is 4.74 Å². The molecule has 0 aliphatic carbocycles. The first-order valence-corrected chi connectivity index (χ1v) is 9.14. The highest BCUT2D eigenvalue weighted by atomic mass is 19.1. The molecule has 0 amide bonds. The quantitative estimate of drug-likeness (QED) is 0.441. The van der Waals surface area contributed by atoms with Crippen LogP contribution in [0.4, 0.5) is 4.39 Å². The molecule has 0 aliphatic rings. The summed E-state index contributed by atoms with van der Waals surface area (Å²) in [5.41, 5.74) is 3.74. The number of hydrogen-bond acceptors (Lipinski definition) is 4. The lowest BCUT2D eigenvalue weighted by molar-refractivity contribution is 0.0600. The van der Waals surface area contributed by atoms with Crippen molar-refractivity contribution >= 4 is 11.8 Å². The molecule has 0 atom stereocenters. The number of halogens is 1. The van der Waals surface area contributed by atoms with E-state index in [1.54, 1.807) is 36.4 Å². The summed E-state index contributed by atoms with van der Waals surface area (Å²) in [6.45, 7) is 4.26. The number of aryl methyl sites for hydroxylation is 1. The molecule has 2 aromatic carbocycles. The number of Topliss-reactive ketones (excluding diaryl/α,β-unsaturated/α-hetero) is 1. The fourth-order valence-electron chi connectivity index (χ4n) is 3.13. The lowest BCUT2D eigenvalue weighted by Gasteiger charge is -2.10. The van der Waals surface area contributed by atoms with Crippen LogP contribution in [0.15, 0.2) is 54.6 Å². The molecule has 0 saturated carbocycles. The van der Waals surface area contributed by atoms with Crippen LogP contribution in [0, 0.1) is 19.7 Å². The molecule has 150 valence electrons. The number of carbonyl (C=O) groups excluding carboxylic acids is 2. The summed E-state index contributed by atoms with van der Waals surface area (Å²) in [4.78, 5) is 24.1. The third kappa shape index (κ3) is 4.71. The first-order chi connectivity index (χ1) is 13.9. The van der Waals surface area contributed by atoms with Gasteiger partial charge in [0.15, 0.2) is 6.61 Å². The Hall–Kier alpha value is -3.41. The van der Waals surface area contributed by atoms with E-state index in [2.05, 4.69) is 4.74 Å². The summed E-state index contributed by atoms with van der Waals surface area (Å²) in [5, 5.41) is 0. The van der Waals surface area contributed by atoms with Crippen LogP contribution in [0.1, 0.15) is 37.7 Å². The van der Waals surface area contributed by atoms with Crippen LogP contribution in [0.3, 0.4) is 0 Å². The van der Waals surface area contributed by atoms with Gasteiger partial charge in [-0.1, -0.05) is 12.1 Å². The van der Waals surface area contributed by atoms with Crippen LogP contribution in [-0.2, 0) is 11.3 Å². The smallest absolute Gasteiger partial charge is 0.337 e. The zero-order chi connectivity index (χ0) is 21.0. The number of methoxy groups -OCH3 is 1. The Bertz CT molecular complexity index is 1020. The number of nitrogens with zero attached hydrogens (tertiary/aromatic N) is 1. The topological polar surface area (TPSA) is 57.5 Å². The van der Waals surface area contributed by atoms with Crippen LogP contribution in [0.5, 0.6) is 5.75 Å². The van der Waals surface area contributed by atoms with Gasteiger partial charge in [-0.3, -0.25) is 4.79 Å². The molecule has 0 N–H and O–H groups in total. The first-order valence-electron chi connectivity index (χ1n) is 9.14. The maximum Gasteiger partial charge on any atom is 0.337 e. The van der Waals surface area contributed by atoms with E-state index in [-0.39, 0.29) is 18.2 Å². The van der Waals surface area contributed by atoms with E-state index in [1.807, 2.05) is 24.5 Å². The Morgan fingerprint density at radius 1 is 1.00 bits per heavy atom. The molecule has 0 unspecified atom stereocenters. The van der Waals surface area contributed by atoms with E-state index in [0.29, 0.717) is 23.4 Å². The lowest BCUT2D eigenvalue weighted by atomic mass is 10.1. The van der Waals surface area contributed by atoms with Gasteiger partial charge in [0, 0.05) is 23.5 Å². The van der Waals surface area contributed by atoms with E-state index in [4.69, 9.17) is 4.74 Å². The minimum absolute atomic E-state index is 0.113. The standard InChI is InChI=1S/C23H22FNO4/c1-15-12-21(16(2)25(15)13-17-4-8-19(24)9-5-17)22(26)14-29-20-10-6-18(7-11-20)23(27)28-3/h4-12H,13-14H2,1-3H3. The summed E-state index contributed by atoms with van der Waals surface area (Å²) in [6, 6.07) is 14.6. The summed E-state index contributed by atoms with van der Waals surface area (Å²) >= 11 is 0. The lowest BCUT2D eigenvalue weighted by Crippen LogP contribution is -2.13. The average molecular weight is 395 g/mol. The van der Waals surface area contributed by atoms with Crippen molar-refractivity contribution in [2.75, 3.05) is 13.7 Å². The van der Waals surface area contributed by atoms with Crippen molar-refractivity contribution < 1.29 is 23.5 Å². The average Bonchev–Trinajstić information content (AvgIpc) is 3.01. The number of carbonyl (C=O) groups is 2. The molecule has 0 radical (unpaired) electrons. The van der Waals surface area contributed by atoms with Gasteiger partial charge in [0.25, 0.3) is 0 Å². The molecule has 0 aliphatic heterocycles. The largest absolute Gasteiger partial charge is 0.485 e. The fraction of sp³-hybridized carbons (Fsp3) is 0.217. The Morgan fingerprint density at radius 3 is 2.28 bits per heavy atom. The van der Waals surface area contributed by atoms with Gasteiger partial charge in [0.1, 0.15) is 11.6 Å². The minimum atomic E-state index is -0.429. The molecule has 1 aromatic heterocycles. The van der Waals surface area contributed by atoms with Gasteiger partial charge in [0.05, 0.1) is 12.7 Å². The van der Waals surface area contributed by atoms with E-state index in [0.717, 1.165) is 17.0 Å². The molecule has 0 bridgehead atoms. The normalized spacial score (nSPS) is 10.6. The van der Waals surface area contributed by atoms with E-state index in [1.165, 1.54) is 19.2 Å². The maximum absolute atomic E-state index is 13.1. The van der Waals surface area contributed by atoms with Crippen LogP contribution in [-0.4, -0.2) is 30.0 Å². The highest BCUT2D eigenvalue weighted by Gasteiger charge is 2.17. The molecular formula is C23H22FNO4. The van der Waals surface area contributed by atoms with Gasteiger partial charge in [-0.25, -0.2) is 9.18 Å². The van der Waals surface area contributed by atoms with Crippen molar-refractivity contribution in [3.05, 3.63) is 88.5 Å². The summed E-state index contributed by atoms with van der Waals surface area (Å²) in [7, 11) is 1.32. The van der Waals surface area contributed by atoms with Gasteiger partial charge < -0.3 is 14.0 Å². The SMILES string of the molecule is COC(=O)c1ccc(OCC(=O)c2cc(C)n(Cc3ccc(F)cc3)c2C)cc1. The highest BCUT2D eigenvalue weighted by molar-refractivity contribution is 5.98. The van der Waals surface area contributed by atoms with Crippen molar-refractivity contribution in [3.63, 3.8) is 0 Å². The Labute approximate surface area is 168 Å². The number of rotatable bonds is 7. The number of aromatic nitrogens is 1. The van der Waals surface area contributed by atoms with Gasteiger partial charge in [-0.05, 0) is 61.9 Å². The predicted molar refractivity (Wildman–Crippen MR) is 107 cm³/mol. The number of benzene rings is 2. The third-order valence-corrected chi connectivity index (χ3v) is 4.77. The van der Waals surface area contributed by atoms with Gasteiger partial charge >= 0.3 is 5.97 Å². The summed E-state index contributed by atoms with van der Waals surface area (Å²) in [6.07, 6.45) is 0. The summed E-state index contributed by atoms with van der Waals surface area (Å²) in [5.74, 6) is -0.352. The predicted octanol–water partition coefficient (Wildman–Crippen LogP) is 4.34. The van der Waals surface area contributed by atoms with Gasteiger partial charge in [-0.15, -0.1) is 0 Å². The number of esters is 1. The molecule has 5 nitrogen and oxygen atoms in total. The molecule has 3 rings (SSSR count). The second-order valence-corrected chi connectivity index (χ2v) is 6.73. The highest BCUT2D eigenvalue weighted by Crippen LogP contribution is 2.19. The number of ether oxygens (including phenoxy) is 2. The van der Waals surface area contributed by atoms with Crippen molar-refractivity contribution in [2.45, 2.75) is 20.4 Å². The second kappa shape index (κ2) is 8.73.